The molecule has 21 heavy (non-hydrogen) atoms. The zero-order chi connectivity index (χ0) is 14.5. The molecular formula is C16H28N4O. The van der Waals surface area contributed by atoms with Gasteiger partial charge in [-0.3, -0.25) is 0 Å². The minimum absolute atomic E-state index is 0.407. The Kier molecular flexibility index (Phi) is 5.12. The van der Waals surface area contributed by atoms with Crippen LogP contribution < -0.4 is 10.2 Å². The summed E-state index contributed by atoms with van der Waals surface area (Å²) in [4.78, 5) is 7.02. The molecule has 2 fully saturated rings. The van der Waals surface area contributed by atoms with Crippen LogP contribution in [0.25, 0.3) is 0 Å². The van der Waals surface area contributed by atoms with Crippen LogP contribution in [0.5, 0.6) is 0 Å². The van der Waals surface area contributed by atoms with Crippen molar-refractivity contribution in [1.82, 2.24) is 15.5 Å². The van der Waals surface area contributed by atoms with Crippen molar-refractivity contribution in [3.8, 4) is 0 Å². The summed E-state index contributed by atoms with van der Waals surface area (Å²) in [5.74, 6) is 2.07. The Morgan fingerprint density at radius 2 is 1.95 bits per heavy atom. The van der Waals surface area contributed by atoms with E-state index >= 15 is 0 Å². The molecule has 2 unspecified atom stereocenters. The van der Waals surface area contributed by atoms with Gasteiger partial charge < -0.3 is 14.7 Å². The SMILES string of the molecule is CCCNC1CCCC1c1nc(N2CCCCCC2)no1. The number of nitrogens with one attached hydrogen (secondary N) is 1. The van der Waals surface area contributed by atoms with E-state index < -0.39 is 0 Å². The van der Waals surface area contributed by atoms with Crippen LogP contribution in [0.3, 0.4) is 0 Å². The van der Waals surface area contributed by atoms with Crippen LogP contribution >= 0.6 is 0 Å². The van der Waals surface area contributed by atoms with Gasteiger partial charge in [-0.2, -0.15) is 4.98 Å². The van der Waals surface area contributed by atoms with Gasteiger partial charge in [-0.15, -0.1) is 0 Å². The molecule has 1 aliphatic carbocycles. The van der Waals surface area contributed by atoms with Gasteiger partial charge in [-0.1, -0.05) is 26.2 Å². The molecule has 0 amide bonds. The highest BCUT2D eigenvalue weighted by atomic mass is 16.5. The maximum atomic E-state index is 5.61. The van der Waals surface area contributed by atoms with Crippen LogP contribution in [0.2, 0.25) is 0 Å². The number of nitrogens with zero attached hydrogens (tertiary/aromatic N) is 3. The van der Waals surface area contributed by atoms with Gasteiger partial charge in [0.1, 0.15) is 0 Å². The molecule has 0 spiro atoms. The lowest BCUT2D eigenvalue weighted by molar-refractivity contribution is 0.330. The third-order valence-corrected chi connectivity index (χ3v) is 4.81. The predicted molar refractivity (Wildman–Crippen MR) is 83.7 cm³/mol. The van der Waals surface area contributed by atoms with Gasteiger partial charge in [0.05, 0.1) is 5.92 Å². The Bertz CT molecular complexity index is 426. The van der Waals surface area contributed by atoms with Crippen molar-refractivity contribution in [1.29, 1.82) is 0 Å². The van der Waals surface area contributed by atoms with E-state index in [1.54, 1.807) is 0 Å². The lowest BCUT2D eigenvalue weighted by Crippen LogP contribution is -2.32. The molecule has 1 aromatic rings. The normalized spacial score (nSPS) is 27.0. The molecule has 0 radical (unpaired) electrons. The molecule has 2 atom stereocenters. The molecule has 0 bridgehead atoms. The summed E-state index contributed by atoms with van der Waals surface area (Å²) in [6.07, 6.45) is 9.97. The highest BCUT2D eigenvalue weighted by molar-refractivity contribution is 5.28. The van der Waals surface area contributed by atoms with Crippen LogP contribution in [0.1, 0.15) is 70.1 Å². The molecule has 0 aromatic carbocycles. The van der Waals surface area contributed by atoms with E-state index in [1.165, 1.54) is 51.4 Å². The molecule has 5 heteroatoms. The molecule has 5 nitrogen and oxygen atoms in total. The van der Waals surface area contributed by atoms with Crippen LogP contribution in [0, 0.1) is 0 Å². The van der Waals surface area contributed by atoms with E-state index in [4.69, 9.17) is 9.51 Å². The van der Waals surface area contributed by atoms with Gasteiger partial charge in [0.2, 0.25) is 5.89 Å². The van der Waals surface area contributed by atoms with Crippen LogP contribution in [0.4, 0.5) is 5.95 Å². The summed E-state index contributed by atoms with van der Waals surface area (Å²) in [5, 5.41) is 7.89. The zero-order valence-corrected chi connectivity index (χ0v) is 13.2. The lowest BCUT2D eigenvalue weighted by atomic mass is 10.0. The summed E-state index contributed by atoms with van der Waals surface area (Å²) in [6.45, 7) is 5.43. The maximum Gasteiger partial charge on any atom is 0.266 e. The first-order chi connectivity index (χ1) is 10.4. The maximum absolute atomic E-state index is 5.61. The Hall–Kier alpha value is -1.10. The highest BCUT2D eigenvalue weighted by Crippen LogP contribution is 2.34. The molecule has 118 valence electrons. The quantitative estimate of drug-likeness (QED) is 0.904. The molecule has 2 aliphatic rings. The fraction of sp³-hybridized carbons (Fsp3) is 0.875. The average Bonchev–Trinajstić information content (AvgIpc) is 3.08. The van der Waals surface area contributed by atoms with Crippen molar-refractivity contribution in [2.24, 2.45) is 0 Å². The van der Waals surface area contributed by atoms with Crippen molar-refractivity contribution in [3.05, 3.63) is 5.89 Å². The van der Waals surface area contributed by atoms with Crippen molar-refractivity contribution in [2.45, 2.75) is 70.3 Å². The molecule has 1 aliphatic heterocycles. The zero-order valence-electron chi connectivity index (χ0n) is 13.2. The van der Waals surface area contributed by atoms with Crippen molar-refractivity contribution >= 4 is 5.95 Å². The third kappa shape index (κ3) is 3.57. The average molecular weight is 292 g/mol. The van der Waals surface area contributed by atoms with Crippen LogP contribution in [0.15, 0.2) is 4.52 Å². The smallest absolute Gasteiger partial charge is 0.266 e. The molecule has 1 saturated heterocycles. The standard InChI is InChI=1S/C16H28N4O/c1-2-10-17-14-9-7-8-13(14)15-18-16(19-21-15)20-11-5-3-4-6-12-20/h13-14,17H,2-12H2,1H3. The Morgan fingerprint density at radius 3 is 2.71 bits per heavy atom. The molecule has 3 rings (SSSR count). The Labute approximate surface area is 127 Å². The first-order valence-electron chi connectivity index (χ1n) is 8.70. The number of rotatable bonds is 5. The largest absolute Gasteiger partial charge is 0.338 e. The number of aromatic nitrogens is 2. The third-order valence-electron chi connectivity index (χ3n) is 4.81. The molecule has 2 heterocycles. The van der Waals surface area contributed by atoms with Crippen molar-refractivity contribution in [3.63, 3.8) is 0 Å². The first kappa shape index (κ1) is 14.8. The van der Waals surface area contributed by atoms with Gasteiger partial charge in [-0.05, 0) is 43.8 Å². The van der Waals surface area contributed by atoms with Gasteiger partial charge in [0.15, 0.2) is 0 Å². The van der Waals surface area contributed by atoms with Crippen LogP contribution in [-0.2, 0) is 0 Å². The Morgan fingerprint density at radius 1 is 1.14 bits per heavy atom. The summed E-state index contributed by atoms with van der Waals surface area (Å²) in [5.41, 5.74) is 0. The minimum Gasteiger partial charge on any atom is -0.338 e. The Balaban J connectivity index is 1.65. The molecule has 1 N–H and O–H groups in total. The van der Waals surface area contributed by atoms with E-state index in [-0.39, 0.29) is 0 Å². The fourth-order valence-electron chi connectivity index (χ4n) is 3.61. The number of anilines is 1. The van der Waals surface area contributed by atoms with Crippen LogP contribution in [-0.4, -0.2) is 35.8 Å². The second kappa shape index (κ2) is 7.25. The van der Waals surface area contributed by atoms with E-state index in [0.717, 1.165) is 31.5 Å². The summed E-state index contributed by atoms with van der Waals surface area (Å²) in [6, 6.07) is 0.516. The summed E-state index contributed by atoms with van der Waals surface area (Å²) < 4.78 is 5.61. The van der Waals surface area contributed by atoms with Crippen molar-refractivity contribution in [2.75, 3.05) is 24.5 Å². The topological polar surface area (TPSA) is 54.2 Å². The van der Waals surface area contributed by atoms with Gasteiger partial charge >= 0.3 is 0 Å². The minimum atomic E-state index is 0.407. The van der Waals surface area contributed by atoms with E-state index in [0.29, 0.717) is 12.0 Å². The molecule has 1 aromatic heterocycles. The lowest BCUT2D eigenvalue weighted by Gasteiger charge is -2.18. The predicted octanol–water partition coefficient (Wildman–Crippen LogP) is 3.09. The second-order valence-electron chi connectivity index (χ2n) is 6.43. The van der Waals surface area contributed by atoms with E-state index in [1.807, 2.05) is 0 Å². The van der Waals surface area contributed by atoms with E-state index in [9.17, 15) is 0 Å². The number of hydrogen-bond acceptors (Lipinski definition) is 5. The first-order valence-corrected chi connectivity index (χ1v) is 8.70. The van der Waals surface area contributed by atoms with Gasteiger partial charge in [0.25, 0.3) is 5.95 Å². The second-order valence-corrected chi connectivity index (χ2v) is 6.43. The molecule has 1 saturated carbocycles. The molecular weight excluding hydrogens is 264 g/mol. The van der Waals surface area contributed by atoms with Gasteiger partial charge in [-0.25, -0.2) is 0 Å². The number of hydrogen-bond donors (Lipinski definition) is 1. The monoisotopic (exact) mass is 292 g/mol. The highest BCUT2D eigenvalue weighted by Gasteiger charge is 2.33. The van der Waals surface area contributed by atoms with Crippen molar-refractivity contribution < 1.29 is 4.52 Å². The fourth-order valence-corrected chi connectivity index (χ4v) is 3.61. The van der Waals surface area contributed by atoms with E-state index in [2.05, 4.69) is 22.3 Å². The van der Waals surface area contributed by atoms with Gasteiger partial charge in [0, 0.05) is 19.1 Å². The summed E-state index contributed by atoms with van der Waals surface area (Å²) in [7, 11) is 0. The summed E-state index contributed by atoms with van der Waals surface area (Å²) >= 11 is 0.